The molecule has 52 heavy (non-hydrogen) atoms. The van der Waals surface area contributed by atoms with E-state index in [1.165, 1.54) is 10.8 Å². The standard InChI is InChI=1S/C35H32ClF3N8O5/c1-15-24-25(15)34(7-8-45(22-12-19(22)34)32(51)27-29(49)16(2)40-14-41-27)26-28(24)46(13-23(48)42-21-4-3-18(11-20(21)36)35(37,38)39)33-43-30(44-47(33)31(26)50)17-5-9-52-10-6-17/h3-5,11,14-15,19,22,24-25,49H,6-10,12-13H2,1-2H3,(H,42,48)/t15-,19+,22-,24+,25-,34-/m0/s1. The molecule has 5 aliphatic rings. The van der Waals surface area contributed by atoms with Crippen LogP contribution in [0.2, 0.25) is 5.02 Å². The molecule has 6 atom stereocenters. The van der Waals surface area contributed by atoms with Crippen molar-refractivity contribution in [2.75, 3.05) is 25.1 Å². The van der Waals surface area contributed by atoms with Gasteiger partial charge < -0.3 is 24.6 Å². The van der Waals surface area contributed by atoms with Gasteiger partial charge in [-0.15, -0.1) is 5.10 Å². The molecular formula is C35H32ClF3N8O5. The maximum Gasteiger partial charge on any atom is 0.416 e. The molecule has 3 aliphatic carbocycles. The molecule has 0 bridgehead atoms. The first-order valence-electron chi connectivity index (χ1n) is 17.1. The van der Waals surface area contributed by atoms with Crippen molar-refractivity contribution in [1.29, 1.82) is 0 Å². The zero-order valence-corrected chi connectivity index (χ0v) is 28.7. The number of aromatic hydroxyl groups is 1. The summed E-state index contributed by atoms with van der Waals surface area (Å²) in [5.41, 5.74) is 0.511. The van der Waals surface area contributed by atoms with Crippen molar-refractivity contribution in [2.24, 2.45) is 17.8 Å². The highest BCUT2D eigenvalue weighted by Gasteiger charge is 2.75. The number of ether oxygens (including phenoxy) is 1. The Morgan fingerprint density at radius 3 is 2.77 bits per heavy atom. The summed E-state index contributed by atoms with van der Waals surface area (Å²) in [5, 5.41) is 17.6. The van der Waals surface area contributed by atoms with Gasteiger partial charge in [0, 0.05) is 35.2 Å². The molecular weight excluding hydrogens is 705 g/mol. The van der Waals surface area contributed by atoms with Gasteiger partial charge in [-0.25, -0.2) is 9.97 Å². The summed E-state index contributed by atoms with van der Waals surface area (Å²) < 4.78 is 48.3. The van der Waals surface area contributed by atoms with Crippen LogP contribution in [-0.2, 0) is 27.7 Å². The van der Waals surface area contributed by atoms with E-state index in [1.54, 1.807) is 16.4 Å². The molecule has 2 amide bonds. The Morgan fingerprint density at radius 1 is 1.23 bits per heavy atom. The fourth-order valence-corrected chi connectivity index (χ4v) is 9.54. The molecule has 2 aliphatic heterocycles. The number of carbonyl (C=O) groups is 2. The monoisotopic (exact) mass is 736 g/mol. The molecule has 0 radical (unpaired) electrons. The van der Waals surface area contributed by atoms with Crippen molar-refractivity contribution in [1.82, 2.24) is 34.0 Å². The highest BCUT2D eigenvalue weighted by molar-refractivity contribution is 6.33. The lowest BCUT2D eigenvalue weighted by molar-refractivity contribution is -0.137. The average molecular weight is 737 g/mol. The minimum atomic E-state index is -4.60. The number of aryl methyl sites for hydroxylation is 1. The van der Waals surface area contributed by atoms with Gasteiger partial charge in [-0.3, -0.25) is 14.4 Å². The fourth-order valence-electron chi connectivity index (χ4n) is 9.32. The Hall–Kier alpha value is -4.83. The Bertz CT molecular complexity index is 2320. The maximum atomic E-state index is 14.7. The predicted molar refractivity (Wildman–Crippen MR) is 179 cm³/mol. The van der Waals surface area contributed by atoms with Crippen molar-refractivity contribution in [3.8, 4) is 5.75 Å². The summed E-state index contributed by atoms with van der Waals surface area (Å²) in [6.07, 6.45) is 0.193. The Morgan fingerprint density at radius 2 is 2.04 bits per heavy atom. The van der Waals surface area contributed by atoms with Crippen LogP contribution in [0.1, 0.15) is 70.9 Å². The maximum absolute atomic E-state index is 14.7. The number of aromatic nitrogens is 6. The van der Waals surface area contributed by atoms with Crippen LogP contribution < -0.4 is 10.9 Å². The number of nitrogens with one attached hydrogen (secondary N) is 1. The number of piperidine rings is 1. The highest BCUT2D eigenvalue weighted by atomic mass is 35.5. The summed E-state index contributed by atoms with van der Waals surface area (Å²) in [6, 6.07) is 2.54. The number of halogens is 4. The van der Waals surface area contributed by atoms with E-state index >= 15 is 0 Å². The topological polar surface area (TPSA) is 157 Å². The quantitative estimate of drug-likeness (QED) is 0.304. The first-order chi connectivity index (χ1) is 24.8. The Kier molecular flexibility index (Phi) is 7.20. The van der Waals surface area contributed by atoms with Gasteiger partial charge in [0.25, 0.3) is 11.5 Å². The number of likely N-dealkylation sites (tertiary alicyclic amines) is 1. The third kappa shape index (κ3) is 4.75. The van der Waals surface area contributed by atoms with Crippen LogP contribution in [0.15, 0.2) is 35.4 Å². The summed E-state index contributed by atoms with van der Waals surface area (Å²) in [5.74, 6) is -0.530. The van der Waals surface area contributed by atoms with Crippen molar-refractivity contribution < 1.29 is 32.6 Å². The molecule has 270 valence electrons. The number of hydrogen-bond donors (Lipinski definition) is 2. The third-order valence-electron chi connectivity index (χ3n) is 11.7. The molecule has 5 heterocycles. The van der Waals surface area contributed by atoms with Crippen LogP contribution in [0.25, 0.3) is 11.4 Å². The summed E-state index contributed by atoms with van der Waals surface area (Å²) in [6.45, 7) is 4.59. The molecule has 9 rings (SSSR count). The third-order valence-corrected chi connectivity index (χ3v) is 12.0. The molecule has 3 aromatic heterocycles. The van der Waals surface area contributed by atoms with E-state index in [0.717, 1.165) is 23.8 Å². The Labute approximate surface area is 298 Å². The second-order valence-electron chi connectivity index (χ2n) is 14.4. The number of carbonyl (C=O) groups excluding carboxylic acids is 2. The zero-order chi connectivity index (χ0) is 36.4. The molecule has 1 aromatic carbocycles. The van der Waals surface area contributed by atoms with Crippen LogP contribution >= 0.6 is 11.6 Å². The van der Waals surface area contributed by atoms with Gasteiger partial charge in [-0.05, 0) is 67.7 Å². The van der Waals surface area contributed by atoms with Gasteiger partial charge in [0.15, 0.2) is 17.3 Å². The smallest absolute Gasteiger partial charge is 0.416 e. The number of alkyl halides is 3. The Balaban J connectivity index is 1.12. The largest absolute Gasteiger partial charge is 0.504 e. The van der Waals surface area contributed by atoms with Crippen molar-refractivity contribution in [3.63, 3.8) is 0 Å². The first-order valence-corrected chi connectivity index (χ1v) is 17.5. The van der Waals surface area contributed by atoms with Crippen LogP contribution in [0, 0.1) is 24.7 Å². The molecule has 17 heteroatoms. The van der Waals surface area contributed by atoms with Crippen molar-refractivity contribution >= 4 is 40.5 Å². The number of benzene rings is 1. The van der Waals surface area contributed by atoms with E-state index in [1.807, 2.05) is 6.08 Å². The highest BCUT2D eigenvalue weighted by Crippen LogP contribution is 2.76. The molecule has 4 aromatic rings. The molecule has 0 unspecified atom stereocenters. The van der Waals surface area contributed by atoms with E-state index in [4.69, 9.17) is 21.3 Å². The second kappa shape index (κ2) is 11.3. The number of amides is 2. The van der Waals surface area contributed by atoms with Gasteiger partial charge in [0.2, 0.25) is 11.7 Å². The second-order valence-corrected chi connectivity index (χ2v) is 14.8. The van der Waals surface area contributed by atoms with Gasteiger partial charge in [0.1, 0.15) is 12.9 Å². The normalized spacial score (nSPS) is 27.2. The lowest BCUT2D eigenvalue weighted by Crippen LogP contribution is -2.50. The average Bonchev–Trinajstić information content (AvgIpc) is 3.96. The number of fused-ring (bicyclic) bond motifs is 8. The molecule has 1 saturated heterocycles. The minimum absolute atomic E-state index is 0.0137. The van der Waals surface area contributed by atoms with Gasteiger partial charge in [0.05, 0.1) is 35.2 Å². The molecule has 3 fully saturated rings. The SMILES string of the molecule is Cc1ncnc(C(=O)N2CC[C@]3(c4c(n(CC(=O)Nc5ccc(C(F)(F)F)cc5Cl)c5nc(C6=CCOCC6)nn5c4=O)[C@@H]4[C@H](C)[C@@H]43)[C@@H]3C[C@@H]32)c1O. The first kappa shape index (κ1) is 33.0. The van der Waals surface area contributed by atoms with E-state index in [0.29, 0.717) is 61.8 Å². The molecule has 13 nitrogen and oxygen atoms in total. The van der Waals surface area contributed by atoms with Crippen LogP contribution in [0.5, 0.6) is 5.75 Å². The lowest BCUT2D eigenvalue weighted by Gasteiger charge is -2.41. The molecule has 2 saturated carbocycles. The van der Waals surface area contributed by atoms with Crippen LogP contribution in [-0.4, -0.2) is 76.8 Å². The van der Waals surface area contributed by atoms with Crippen molar-refractivity contribution in [2.45, 2.75) is 63.2 Å². The van der Waals surface area contributed by atoms with E-state index in [9.17, 15) is 32.7 Å². The van der Waals surface area contributed by atoms with Crippen LogP contribution in [0.4, 0.5) is 18.9 Å². The number of hydrogen-bond acceptors (Lipinski definition) is 9. The predicted octanol–water partition coefficient (Wildman–Crippen LogP) is 4.35. The summed E-state index contributed by atoms with van der Waals surface area (Å²) >= 11 is 6.18. The lowest BCUT2D eigenvalue weighted by atomic mass is 9.69. The van der Waals surface area contributed by atoms with Gasteiger partial charge in [-0.1, -0.05) is 24.6 Å². The van der Waals surface area contributed by atoms with Gasteiger partial charge in [-0.2, -0.15) is 22.7 Å². The van der Waals surface area contributed by atoms with E-state index in [-0.39, 0.29) is 75.7 Å². The van der Waals surface area contributed by atoms with E-state index < -0.39 is 23.1 Å². The molecule has 2 N–H and O–H groups in total. The number of anilines is 1. The fraction of sp³-hybridized carbons (Fsp3) is 0.457. The number of nitrogens with zero attached hydrogens (tertiary/aromatic N) is 7. The zero-order valence-electron chi connectivity index (χ0n) is 27.9. The van der Waals surface area contributed by atoms with Crippen molar-refractivity contribution in [3.05, 3.63) is 80.0 Å². The van der Waals surface area contributed by atoms with Gasteiger partial charge >= 0.3 is 6.18 Å². The molecule has 1 spiro atoms. The van der Waals surface area contributed by atoms with E-state index in [2.05, 4.69) is 27.3 Å². The summed E-state index contributed by atoms with van der Waals surface area (Å²) in [4.78, 5) is 56.7. The number of rotatable bonds is 5. The van der Waals surface area contributed by atoms with Crippen LogP contribution in [0.3, 0.4) is 0 Å². The minimum Gasteiger partial charge on any atom is -0.504 e. The summed E-state index contributed by atoms with van der Waals surface area (Å²) in [7, 11) is 0.